The number of benzene rings is 1. The average molecular weight is 276 g/mol. The summed E-state index contributed by atoms with van der Waals surface area (Å²) in [5.74, 6) is 0.917. The highest BCUT2D eigenvalue weighted by Gasteiger charge is 2.31. The molecule has 0 atom stereocenters. The molecule has 1 saturated heterocycles. The minimum Gasteiger partial charge on any atom is -0.497 e. The molecule has 0 aliphatic carbocycles. The van der Waals surface area contributed by atoms with E-state index in [0.29, 0.717) is 12.0 Å². The molecule has 0 spiro atoms. The van der Waals surface area contributed by atoms with E-state index in [1.807, 2.05) is 6.07 Å². The van der Waals surface area contributed by atoms with Crippen molar-refractivity contribution in [1.82, 2.24) is 0 Å². The third kappa shape index (κ3) is 2.93. The fourth-order valence-electron chi connectivity index (χ4n) is 3.32. The number of piperidine rings is 1. The Hall–Kier alpha value is -1.22. The molecule has 2 rings (SSSR count). The minimum absolute atomic E-state index is 0.554. The average Bonchev–Trinajstić information content (AvgIpc) is 2.54. The van der Waals surface area contributed by atoms with Crippen molar-refractivity contribution in [3.05, 3.63) is 23.8 Å². The Bertz CT molecular complexity index is 431. The van der Waals surface area contributed by atoms with Crippen LogP contribution in [0.5, 0.6) is 5.75 Å². The normalized spacial score (nSPS) is 18.1. The number of hydrogen-bond acceptors (Lipinski definition) is 3. The molecular weight excluding hydrogens is 248 g/mol. The molecular formula is C17H28N2O. The van der Waals surface area contributed by atoms with Gasteiger partial charge in [-0.15, -0.1) is 0 Å². The van der Waals surface area contributed by atoms with E-state index in [1.165, 1.54) is 36.9 Å². The van der Waals surface area contributed by atoms with E-state index >= 15 is 0 Å². The van der Waals surface area contributed by atoms with Crippen LogP contribution in [-0.4, -0.2) is 20.2 Å². The SMILES string of the molecule is CCC1(CC)CCN(c2cc(OC)ccc2CN)CC1. The lowest BCUT2D eigenvalue weighted by molar-refractivity contribution is 0.199. The number of rotatable bonds is 5. The molecule has 1 aromatic carbocycles. The maximum atomic E-state index is 5.89. The highest BCUT2D eigenvalue weighted by Crippen LogP contribution is 2.40. The van der Waals surface area contributed by atoms with Gasteiger partial charge in [-0.1, -0.05) is 32.8 Å². The van der Waals surface area contributed by atoms with Crippen LogP contribution in [0.2, 0.25) is 0 Å². The van der Waals surface area contributed by atoms with Crippen LogP contribution in [0, 0.1) is 5.41 Å². The van der Waals surface area contributed by atoms with Crippen LogP contribution in [0.1, 0.15) is 45.1 Å². The van der Waals surface area contributed by atoms with E-state index in [-0.39, 0.29) is 0 Å². The summed E-state index contributed by atoms with van der Waals surface area (Å²) in [6.45, 7) is 7.50. The molecule has 1 aliphatic rings. The Kier molecular flexibility index (Phi) is 4.92. The molecule has 3 heteroatoms. The van der Waals surface area contributed by atoms with Gasteiger partial charge in [0.15, 0.2) is 0 Å². The van der Waals surface area contributed by atoms with E-state index in [1.54, 1.807) is 7.11 Å². The van der Waals surface area contributed by atoms with Gasteiger partial charge in [0.25, 0.3) is 0 Å². The molecule has 112 valence electrons. The molecule has 0 bridgehead atoms. The summed E-state index contributed by atoms with van der Waals surface area (Å²) in [4.78, 5) is 2.48. The van der Waals surface area contributed by atoms with Crippen molar-refractivity contribution >= 4 is 5.69 Å². The van der Waals surface area contributed by atoms with Gasteiger partial charge < -0.3 is 15.4 Å². The standard InChI is InChI=1S/C17H28N2O/c1-4-17(5-2)8-10-19(11-9-17)16-12-15(20-3)7-6-14(16)13-18/h6-7,12H,4-5,8-11,13,18H2,1-3H3. The van der Waals surface area contributed by atoms with E-state index < -0.39 is 0 Å². The lowest BCUT2D eigenvalue weighted by Gasteiger charge is -2.42. The first kappa shape index (κ1) is 15.2. The van der Waals surface area contributed by atoms with Crippen LogP contribution in [-0.2, 0) is 6.54 Å². The zero-order chi connectivity index (χ0) is 14.6. The van der Waals surface area contributed by atoms with Gasteiger partial charge in [0.1, 0.15) is 5.75 Å². The molecule has 2 N–H and O–H groups in total. The molecule has 1 fully saturated rings. The Morgan fingerprint density at radius 1 is 1.20 bits per heavy atom. The largest absolute Gasteiger partial charge is 0.497 e. The first-order valence-electron chi connectivity index (χ1n) is 7.80. The van der Waals surface area contributed by atoms with Crippen molar-refractivity contribution in [3.8, 4) is 5.75 Å². The Morgan fingerprint density at radius 2 is 1.85 bits per heavy atom. The molecule has 1 aliphatic heterocycles. The summed E-state index contributed by atoms with van der Waals surface area (Å²) in [5, 5.41) is 0. The Labute approximate surface area is 123 Å². The summed E-state index contributed by atoms with van der Waals surface area (Å²) < 4.78 is 5.36. The maximum absolute atomic E-state index is 5.89. The highest BCUT2D eigenvalue weighted by molar-refractivity contribution is 5.57. The summed E-state index contributed by atoms with van der Waals surface area (Å²) in [5.41, 5.74) is 8.91. The van der Waals surface area contributed by atoms with E-state index in [9.17, 15) is 0 Å². The van der Waals surface area contributed by atoms with Gasteiger partial charge >= 0.3 is 0 Å². The van der Waals surface area contributed by atoms with Crippen molar-refractivity contribution in [2.45, 2.75) is 46.1 Å². The van der Waals surface area contributed by atoms with Gasteiger partial charge in [0.2, 0.25) is 0 Å². The van der Waals surface area contributed by atoms with Crippen molar-refractivity contribution in [1.29, 1.82) is 0 Å². The zero-order valence-electron chi connectivity index (χ0n) is 13.1. The molecule has 20 heavy (non-hydrogen) atoms. The van der Waals surface area contributed by atoms with Crippen molar-refractivity contribution in [2.24, 2.45) is 11.1 Å². The van der Waals surface area contributed by atoms with Crippen molar-refractivity contribution in [3.63, 3.8) is 0 Å². The number of methoxy groups -OCH3 is 1. The molecule has 0 aromatic heterocycles. The quantitative estimate of drug-likeness (QED) is 0.893. The number of nitrogens with two attached hydrogens (primary N) is 1. The van der Waals surface area contributed by atoms with Gasteiger partial charge in [-0.25, -0.2) is 0 Å². The number of anilines is 1. The van der Waals surface area contributed by atoms with Crippen LogP contribution in [0.4, 0.5) is 5.69 Å². The Balaban J connectivity index is 2.17. The van der Waals surface area contributed by atoms with E-state index in [4.69, 9.17) is 10.5 Å². The second-order valence-corrected chi connectivity index (χ2v) is 5.89. The van der Waals surface area contributed by atoms with Gasteiger partial charge in [0.05, 0.1) is 7.11 Å². The van der Waals surface area contributed by atoms with Crippen molar-refractivity contribution < 1.29 is 4.74 Å². The lowest BCUT2D eigenvalue weighted by Crippen LogP contribution is -2.40. The molecule has 1 aromatic rings. The second-order valence-electron chi connectivity index (χ2n) is 5.89. The smallest absolute Gasteiger partial charge is 0.120 e. The highest BCUT2D eigenvalue weighted by atomic mass is 16.5. The molecule has 0 unspecified atom stereocenters. The fourth-order valence-corrected chi connectivity index (χ4v) is 3.32. The molecule has 0 amide bonds. The molecule has 0 radical (unpaired) electrons. The zero-order valence-corrected chi connectivity index (χ0v) is 13.1. The topological polar surface area (TPSA) is 38.5 Å². The van der Waals surface area contributed by atoms with E-state index in [0.717, 1.165) is 18.8 Å². The van der Waals surface area contributed by atoms with Gasteiger partial charge in [-0.3, -0.25) is 0 Å². The van der Waals surface area contributed by atoms with Crippen molar-refractivity contribution in [2.75, 3.05) is 25.1 Å². The maximum Gasteiger partial charge on any atom is 0.120 e. The van der Waals surface area contributed by atoms with Crippen LogP contribution >= 0.6 is 0 Å². The first-order valence-corrected chi connectivity index (χ1v) is 7.80. The van der Waals surface area contributed by atoms with Crippen LogP contribution in [0.25, 0.3) is 0 Å². The Morgan fingerprint density at radius 3 is 2.35 bits per heavy atom. The molecule has 1 heterocycles. The third-order valence-electron chi connectivity index (χ3n) is 5.18. The predicted octanol–water partition coefficient (Wildman–Crippen LogP) is 3.56. The van der Waals surface area contributed by atoms with Gasteiger partial charge in [-0.05, 0) is 29.9 Å². The van der Waals surface area contributed by atoms with Gasteiger partial charge in [-0.2, -0.15) is 0 Å². The summed E-state index contributed by atoms with van der Waals surface area (Å²) in [6, 6.07) is 6.22. The summed E-state index contributed by atoms with van der Waals surface area (Å²) in [7, 11) is 1.72. The van der Waals surface area contributed by atoms with Crippen LogP contribution in [0.3, 0.4) is 0 Å². The number of ether oxygens (including phenoxy) is 1. The monoisotopic (exact) mass is 276 g/mol. The molecule has 3 nitrogen and oxygen atoms in total. The summed E-state index contributed by atoms with van der Waals surface area (Å²) >= 11 is 0. The minimum atomic E-state index is 0.554. The predicted molar refractivity (Wildman–Crippen MR) is 85.3 cm³/mol. The lowest BCUT2D eigenvalue weighted by atomic mass is 9.74. The number of hydrogen-bond donors (Lipinski definition) is 1. The first-order chi connectivity index (χ1) is 9.68. The molecule has 0 saturated carbocycles. The summed E-state index contributed by atoms with van der Waals surface area (Å²) in [6.07, 6.45) is 5.14. The van der Waals surface area contributed by atoms with Crippen LogP contribution in [0.15, 0.2) is 18.2 Å². The van der Waals surface area contributed by atoms with Gasteiger partial charge in [0, 0.05) is 31.4 Å². The second kappa shape index (κ2) is 6.49. The van der Waals surface area contributed by atoms with E-state index in [2.05, 4.69) is 30.9 Å². The number of nitrogens with zero attached hydrogens (tertiary/aromatic N) is 1. The third-order valence-corrected chi connectivity index (χ3v) is 5.18. The fraction of sp³-hybridized carbons (Fsp3) is 0.647. The van der Waals surface area contributed by atoms with Crippen LogP contribution < -0.4 is 15.4 Å².